The average Bonchev–Trinajstić information content (AvgIpc) is 3.06. The molecule has 1 N–H and O–H groups in total. The second-order valence-electron chi connectivity index (χ2n) is 6.42. The first-order chi connectivity index (χ1) is 12.6. The zero-order chi connectivity index (χ0) is 20.2. The van der Waals surface area contributed by atoms with Gasteiger partial charge in [0.1, 0.15) is 6.54 Å². The average molecular weight is 400 g/mol. The molecule has 0 saturated carbocycles. The molecule has 9 nitrogen and oxygen atoms in total. The van der Waals surface area contributed by atoms with Crippen molar-refractivity contribution in [2.75, 3.05) is 24.7 Å². The predicted octanol–water partition coefficient (Wildman–Crippen LogP) is 0.128. The summed E-state index contributed by atoms with van der Waals surface area (Å²) in [5.74, 6) is -1.69. The number of aromatic nitrogens is 1. The van der Waals surface area contributed by atoms with Gasteiger partial charge in [0.15, 0.2) is 16.4 Å². The molecule has 0 spiro atoms. The van der Waals surface area contributed by atoms with Gasteiger partial charge in [0.05, 0.1) is 23.7 Å². The Bertz CT molecular complexity index is 842. The van der Waals surface area contributed by atoms with Crippen LogP contribution in [0.25, 0.3) is 0 Å². The van der Waals surface area contributed by atoms with Crippen molar-refractivity contribution in [1.82, 2.24) is 9.88 Å². The fourth-order valence-electron chi connectivity index (χ4n) is 2.96. The van der Waals surface area contributed by atoms with Crippen LogP contribution in [-0.4, -0.2) is 61.6 Å². The Kier molecular flexibility index (Phi) is 6.63. The number of sulfone groups is 1. The summed E-state index contributed by atoms with van der Waals surface area (Å²) in [5.41, 5.74) is 1.64. The fraction of sp³-hybridized carbons (Fsp3) is 0.588. The van der Waals surface area contributed by atoms with E-state index < -0.39 is 40.3 Å². The molecule has 0 unspecified atom stereocenters. The van der Waals surface area contributed by atoms with E-state index in [9.17, 15) is 22.8 Å². The van der Waals surface area contributed by atoms with Crippen LogP contribution in [0.4, 0.5) is 0 Å². The molecule has 0 aromatic carbocycles. The van der Waals surface area contributed by atoms with E-state index in [2.05, 4.69) is 5.32 Å². The molecule has 1 aliphatic rings. The normalized spacial score (nSPS) is 18.1. The molecule has 2 heterocycles. The summed E-state index contributed by atoms with van der Waals surface area (Å²) in [6, 6.07) is 1.19. The quantitative estimate of drug-likeness (QED) is 0.646. The van der Waals surface area contributed by atoms with Crippen LogP contribution in [0.1, 0.15) is 35.1 Å². The van der Waals surface area contributed by atoms with E-state index in [0.29, 0.717) is 23.4 Å². The van der Waals surface area contributed by atoms with E-state index in [1.165, 1.54) is 0 Å². The highest BCUT2D eigenvalue weighted by Gasteiger charge is 2.29. The first-order valence-corrected chi connectivity index (χ1v) is 10.4. The first-order valence-electron chi connectivity index (χ1n) is 8.62. The maximum Gasteiger partial charge on any atom is 0.339 e. The lowest BCUT2D eigenvalue weighted by atomic mass is 10.2. The minimum Gasteiger partial charge on any atom is -0.462 e. The highest BCUT2D eigenvalue weighted by molar-refractivity contribution is 7.91. The predicted molar refractivity (Wildman–Crippen MR) is 96.0 cm³/mol. The van der Waals surface area contributed by atoms with Crippen LogP contribution in [0.5, 0.6) is 0 Å². The van der Waals surface area contributed by atoms with Crippen molar-refractivity contribution in [1.29, 1.82) is 0 Å². The Morgan fingerprint density at radius 3 is 2.56 bits per heavy atom. The van der Waals surface area contributed by atoms with Crippen molar-refractivity contribution >= 4 is 27.7 Å². The monoisotopic (exact) mass is 400 g/mol. The van der Waals surface area contributed by atoms with Gasteiger partial charge in [0.25, 0.3) is 5.91 Å². The molecule has 1 amide bonds. The third kappa shape index (κ3) is 5.56. The van der Waals surface area contributed by atoms with Gasteiger partial charge in [-0.15, -0.1) is 0 Å². The number of carbonyl (C=O) groups is 3. The molecule has 0 bridgehead atoms. The van der Waals surface area contributed by atoms with Crippen molar-refractivity contribution in [2.45, 2.75) is 39.8 Å². The van der Waals surface area contributed by atoms with Gasteiger partial charge < -0.3 is 19.4 Å². The summed E-state index contributed by atoms with van der Waals surface area (Å²) in [6.07, 6.45) is 0.362. The molecule has 2 rings (SSSR count). The van der Waals surface area contributed by atoms with E-state index in [4.69, 9.17) is 9.47 Å². The van der Waals surface area contributed by atoms with Crippen molar-refractivity contribution in [2.24, 2.45) is 0 Å². The summed E-state index contributed by atoms with van der Waals surface area (Å²) in [4.78, 5) is 35.7. The van der Waals surface area contributed by atoms with Gasteiger partial charge in [0, 0.05) is 17.4 Å². The highest BCUT2D eigenvalue weighted by atomic mass is 32.2. The number of ether oxygens (including phenoxy) is 2. The van der Waals surface area contributed by atoms with E-state index in [-0.39, 0.29) is 24.7 Å². The number of nitrogens with zero attached hydrogens (tertiary/aromatic N) is 1. The van der Waals surface area contributed by atoms with Gasteiger partial charge in [-0.1, -0.05) is 0 Å². The van der Waals surface area contributed by atoms with Crippen LogP contribution < -0.4 is 5.32 Å². The first kappa shape index (κ1) is 20.9. The largest absolute Gasteiger partial charge is 0.462 e. The van der Waals surface area contributed by atoms with Crippen LogP contribution in [-0.2, 0) is 35.4 Å². The number of carbonyl (C=O) groups excluding carboxylic acids is 3. The zero-order valence-corrected chi connectivity index (χ0v) is 16.4. The van der Waals surface area contributed by atoms with Gasteiger partial charge in [-0.05, 0) is 33.3 Å². The van der Waals surface area contributed by atoms with Crippen molar-refractivity contribution in [3.63, 3.8) is 0 Å². The molecule has 0 radical (unpaired) electrons. The minimum absolute atomic E-state index is 0.0483. The smallest absolute Gasteiger partial charge is 0.339 e. The Hall–Kier alpha value is -2.36. The van der Waals surface area contributed by atoms with Crippen LogP contribution in [0, 0.1) is 13.8 Å². The van der Waals surface area contributed by atoms with E-state index in [1.54, 1.807) is 31.4 Å². The molecule has 27 heavy (non-hydrogen) atoms. The molecule has 1 aromatic heterocycles. The summed E-state index contributed by atoms with van der Waals surface area (Å²) >= 11 is 0. The molecule has 1 saturated heterocycles. The number of esters is 2. The standard InChI is InChI=1S/C17H24N2O7S/c1-4-25-17(22)14-7-11(2)19(12(14)3)8-16(21)26-9-15(20)18-13-5-6-27(23,24)10-13/h7,13H,4-6,8-10H2,1-3H3,(H,18,20)/t13-/m1/s1. The van der Waals surface area contributed by atoms with E-state index in [0.717, 1.165) is 0 Å². The third-order valence-electron chi connectivity index (χ3n) is 4.32. The SMILES string of the molecule is CCOC(=O)c1cc(C)n(CC(=O)OCC(=O)N[C@@H]2CCS(=O)(=O)C2)c1C. The van der Waals surface area contributed by atoms with Crippen molar-refractivity contribution < 1.29 is 32.3 Å². The molecular weight excluding hydrogens is 376 g/mol. The van der Waals surface area contributed by atoms with E-state index in [1.807, 2.05) is 0 Å². The Balaban J connectivity index is 1.87. The van der Waals surface area contributed by atoms with Crippen LogP contribution in [0.3, 0.4) is 0 Å². The number of rotatable bonds is 7. The minimum atomic E-state index is -3.10. The molecule has 10 heteroatoms. The summed E-state index contributed by atoms with van der Waals surface area (Å²) < 4.78 is 34.3. The van der Waals surface area contributed by atoms with Gasteiger partial charge in [-0.25, -0.2) is 13.2 Å². The molecule has 0 aliphatic carbocycles. The molecule has 1 aliphatic heterocycles. The second-order valence-corrected chi connectivity index (χ2v) is 8.65. The van der Waals surface area contributed by atoms with Crippen LogP contribution in [0.15, 0.2) is 6.07 Å². The summed E-state index contributed by atoms with van der Waals surface area (Å²) in [6.45, 7) is 4.76. The fourth-order valence-corrected chi connectivity index (χ4v) is 4.63. The third-order valence-corrected chi connectivity index (χ3v) is 6.09. The molecular formula is C17H24N2O7S. The summed E-state index contributed by atoms with van der Waals surface area (Å²) in [5, 5.41) is 2.55. The van der Waals surface area contributed by atoms with Gasteiger partial charge in [-0.2, -0.15) is 0 Å². The number of hydrogen-bond acceptors (Lipinski definition) is 7. The molecule has 1 fully saturated rings. The van der Waals surface area contributed by atoms with Gasteiger partial charge >= 0.3 is 11.9 Å². The Morgan fingerprint density at radius 2 is 1.96 bits per heavy atom. The van der Waals surface area contributed by atoms with Crippen LogP contribution >= 0.6 is 0 Å². The Labute approximate surface area is 157 Å². The molecule has 1 atom stereocenters. The molecule has 150 valence electrons. The highest BCUT2D eigenvalue weighted by Crippen LogP contribution is 2.16. The maximum absolute atomic E-state index is 12.0. The number of hydrogen-bond donors (Lipinski definition) is 1. The van der Waals surface area contributed by atoms with Gasteiger partial charge in [0.2, 0.25) is 0 Å². The molecule has 1 aromatic rings. The zero-order valence-electron chi connectivity index (χ0n) is 15.6. The van der Waals surface area contributed by atoms with Gasteiger partial charge in [-0.3, -0.25) is 9.59 Å². The van der Waals surface area contributed by atoms with Crippen molar-refractivity contribution in [3.05, 3.63) is 23.0 Å². The lowest BCUT2D eigenvalue weighted by molar-refractivity contribution is -0.149. The maximum atomic E-state index is 12.0. The number of amides is 1. The number of nitrogens with one attached hydrogen (secondary N) is 1. The lowest BCUT2D eigenvalue weighted by Crippen LogP contribution is -2.38. The van der Waals surface area contributed by atoms with Crippen LogP contribution in [0.2, 0.25) is 0 Å². The Morgan fingerprint density at radius 1 is 1.26 bits per heavy atom. The number of aryl methyl sites for hydroxylation is 1. The topological polar surface area (TPSA) is 121 Å². The van der Waals surface area contributed by atoms with Crippen molar-refractivity contribution in [3.8, 4) is 0 Å². The second kappa shape index (κ2) is 8.55. The lowest BCUT2D eigenvalue weighted by Gasteiger charge is -2.12. The summed E-state index contributed by atoms with van der Waals surface area (Å²) in [7, 11) is -3.10. The van der Waals surface area contributed by atoms with E-state index >= 15 is 0 Å².